The summed E-state index contributed by atoms with van der Waals surface area (Å²) in [5, 5.41) is 10.1. The van der Waals surface area contributed by atoms with E-state index in [4.69, 9.17) is 0 Å². The van der Waals surface area contributed by atoms with Crippen molar-refractivity contribution in [2.75, 3.05) is 0 Å². The zero-order chi connectivity index (χ0) is 21.8. The van der Waals surface area contributed by atoms with Gasteiger partial charge in [-0.05, 0) is 53.6 Å². The topological polar surface area (TPSA) is 70.9 Å². The predicted octanol–water partition coefficient (Wildman–Crippen LogP) is 5.26. The number of aromatic nitrogens is 3. The van der Waals surface area contributed by atoms with Gasteiger partial charge in [-0.1, -0.05) is 24.3 Å². The van der Waals surface area contributed by atoms with Crippen molar-refractivity contribution in [2.45, 2.75) is 6.18 Å². The fourth-order valence-corrected chi connectivity index (χ4v) is 3.68. The van der Waals surface area contributed by atoms with Gasteiger partial charge >= 0.3 is 11.9 Å². The molecule has 8 heteroatoms. The molecule has 0 aliphatic heterocycles. The maximum Gasteiger partial charge on any atom is 0.416 e. The molecule has 154 valence electrons. The molecule has 0 atom stereocenters. The number of imidazole rings is 1. The number of H-pyrrole nitrogens is 1. The van der Waals surface area contributed by atoms with Crippen molar-refractivity contribution in [3.63, 3.8) is 0 Å². The van der Waals surface area contributed by atoms with Crippen molar-refractivity contribution in [1.82, 2.24) is 14.5 Å². The number of rotatable bonds is 2. The van der Waals surface area contributed by atoms with Crippen LogP contribution in [0.15, 0.2) is 77.7 Å². The first-order chi connectivity index (χ1) is 14.8. The van der Waals surface area contributed by atoms with Crippen LogP contribution in [-0.2, 0) is 6.18 Å². The zero-order valence-corrected chi connectivity index (χ0v) is 15.8. The van der Waals surface area contributed by atoms with Gasteiger partial charge in [0.2, 0.25) is 0 Å². The summed E-state index contributed by atoms with van der Waals surface area (Å²) in [6.07, 6.45) is -3.04. The number of phenols is 1. The predicted molar refractivity (Wildman–Crippen MR) is 111 cm³/mol. The van der Waals surface area contributed by atoms with Crippen LogP contribution in [0, 0.1) is 0 Å². The molecule has 0 bridgehead atoms. The minimum atomic E-state index is -4.53. The van der Waals surface area contributed by atoms with Crippen LogP contribution in [0.4, 0.5) is 13.2 Å². The fraction of sp³-hybridized carbons (Fsp3) is 0.0435. The lowest BCUT2D eigenvalue weighted by molar-refractivity contribution is -0.137. The number of hydrogen-bond donors (Lipinski definition) is 2. The Morgan fingerprint density at radius 3 is 2.42 bits per heavy atom. The number of benzene rings is 3. The Morgan fingerprint density at radius 2 is 1.68 bits per heavy atom. The van der Waals surface area contributed by atoms with Gasteiger partial charge in [-0.2, -0.15) is 13.2 Å². The minimum absolute atomic E-state index is 0.105. The molecule has 0 amide bonds. The number of pyridine rings is 1. The fourth-order valence-electron chi connectivity index (χ4n) is 3.68. The summed E-state index contributed by atoms with van der Waals surface area (Å²) >= 11 is 0. The summed E-state index contributed by atoms with van der Waals surface area (Å²) in [6.45, 7) is 0. The molecule has 3 aromatic carbocycles. The Morgan fingerprint density at radius 1 is 0.935 bits per heavy atom. The lowest BCUT2D eigenvalue weighted by atomic mass is 10.0. The van der Waals surface area contributed by atoms with Gasteiger partial charge in [0, 0.05) is 5.39 Å². The van der Waals surface area contributed by atoms with Crippen molar-refractivity contribution < 1.29 is 18.3 Å². The lowest BCUT2D eigenvalue weighted by Gasteiger charge is -2.11. The van der Waals surface area contributed by atoms with Gasteiger partial charge in [0.05, 0.1) is 34.0 Å². The van der Waals surface area contributed by atoms with E-state index < -0.39 is 17.4 Å². The second kappa shape index (κ2) is 6.73. The largest absolute Gasteiger partial charge is 0.508 e. The number of hydrogen-bond acceptors (Lipinski definition) is 3. The van der Waals surface area contributed by atoms with Gasteiger partial charge in [0.15, 0.2) is 0 Å². The van der Waals surface area contributed by atoms with Crippen molar-refractivity contribution in [2.24, 2.45) is 0 Å². The van der Waals surface area contributed by atoms with Crippen molar-refractivity contribution >= 4 is 21.9 Å². The van der Waals surface area contributed by atoms with Crippen LogP contribution in [0.1, 0.15) is 5.56 Å². The molecular formula is C23H14F3N3O2. The van der Waals surface area contributed by atoms with Crippen molar-refractivity contribution in [3.8, 4) is 22.6 Å². The molecule has 5 rings (SSSR count). The summed E-state index contributed by atoms with van der Waals surface area (Å²) in [5.74, 6) is 0.137. The summed E-state index contributed by atoms with van der Waals surface area (Å²) < 4.78 is 40.9. The normalized spacial score (nSPS) is 12.0. The second-order valence-electron chi connectivity index (χ2n) is 7.11. The number of aromatic amines is 1. The van der Waals surface area contributed by atoms with E-state index in [-0.39, 0.29) is 11.4 Å². The first-order valence-electron chi connectivity index (χ1n) is 9.32. The molecule has 0 unspecified atom stereocenters. The number of nitrogens with zero attached hydrogens (tertiary/aromatic N) is 2. The van der Waals surface area contributed by atoms with E-state index in [1.807, 2.05) is 12.1 Å². The van der Waals surface area contributed by atoms with E-state index in [2.05, 4.69) is 9.97 Å². The number of fused-ring (bicyclic) bond motifs is 3. The van der Waals surface area contributed by atoms with Crippen LogP contribution in [0.5, 0.6) is 5.75 Å². The SMILES string of the molecule is O=c1[nH]c2cnc3ccc(-c4ccc(O)cc4)cc3c2n1-c1cccc(C(F)(F)F)c1. The second-order valence-corrected chi connectivity index (χ2v) is 7.11. The van der Waals surface area contributed by atoms with E-state index in [1.54, 1.807) is 30.3 Å². The van der Waals surface area contributed by atoms with Crippen LogP contribution >= 0.6 is 0 Å². The van der Waals surface area contributed by atoms with E-state index >= 15 is 0 Å². The highest BCUT2D eigenvalue weighted by molar-refractivity contribution is 6.04. The third-order valence-electron chi connectivity index (χ3n) is 5.14. The standard InChI is InChI=1S/C23H14F3N3O2/c24-23(25,26)15-2-1-3-16(11-15)29-21-18-10-14(13-4-7-17(30)8-5-13)6-9-19(18)27-12-20(21)28-22(29)31/h1-12,30H,(H,28,31). The van der Waals surface area contributed by atoms with Gasteiger partial charge in [-0.25, -0.2) is 4.79 Å². The molecule has 0 aliphatic rings. The molecular weight excluding hydrogens is 407 g/mol. The molecule has 0 saturated heterocycles. The Bertz CT molecular complexity index is 1500. The molecule has 0 aliphatic carbocycles. The van der Waals surface area contributed by atoms with Gasteiger partial charge < -0.3 is 10.1 Å². The molecule has 2 heterocycles. The average molecular weight is 421 g/mol. The highest BCUT2D eigenvalue weighted by Gasteiger charge is 2.30. The van der Waals surface area contributed by atoms with Crippen LogP contribution in [0.2, 0.25) is 0 Å². The molecule has 0 saturated carbocycles. The van der Waals surface area contributed by atoms with Crippen molar-refractivity contribution in [3.05, 3.63) is 89.0 Å². The van der Waals surface area contributed by atoms with Crippen LogP contribution < -0.4 is 5.69 Å². The van der Waals surface area contributed by atoms with E-state index in [0.29, 0.717) is 21.9 Å². The number of aromatic hydroxyl groups is 1. The van der Waals surface area contributed by atoms with Crippen LogP contribution in [-0.4, -0.2) is 19.6 Å². The monoisotopic (exact) mass is 421 g/mol. The Balaban J connectivity index is 1.80. The average Bonchev–Trinajstić information content (AvgIpc) is 3.10. The summed E-state index contributed by atoms with van der Waals surface area (Å²) in [5.41, 5.74) is 1.80. The van der Waals surface area contributed by atoms with Gasteiger partial charge in [-0.3, -0.25) is 9.55 Å². The molecule has 5 aromatic rings. The Labute approximate surface area is 173 Å². The first-order valence-corrected chi connectivity index (χ1v) is 9.32. The third kappa shape index (κ3) is 3.22. The molecule has 2 aromatic heterocycles. The van der Waals surface area contributed by atoms with E-state index in [9.17, 15) is 23.1 Å². The summed E-state index contributed by atoms with van der Waals surface area (Å²) in [7, 11) is 0. The highest BCUT2D eigenvalue weighted by Crippen LogP contribution is 2.32. The third-order valence-corrected chi connectivity index (χ3v) is 5.14. The summed E-state index contributed by atoms with van der Waals surface area (Å²) in [4.78, 5) is 19.7. The number of phenolic OH excluding ortho intramolecular Hbond substituents is 1. The van der Waals surface area contributed by atoms with Crippen molar-refractivity contribution in [1.29, 1.82) is 0 Å². The van der Waals surface area contributed by atoms with Gasteiger partial charge in [0.25, 0.3) is 0 Å². The maximum atomic E-state index is 13.2. The van der Waals surface area contributed by atoms with Gasteiger partial charge in [-0.15, -0.1) is 0 Å². The first kappa shape index (κ1) is 18.9. The number of alkyl halides is 3. The molecule has 0 fully saturated rings. The molecule has 2 N–H and O–H groups in total. The summed E-state index contributed by atoms with van der Waals surface area (Å²) in [6, 6.07) is 16.7. The molecule has 31 heavy (non-hydrogen) atoms. The maximum absolute atomic E-state index is 13.2. The quantitative estimate of drug-likeness (QED) is 0.409. The Hall–Kier alpha value is -4.07. The Kier molecular flexibility index (Phi) is 4.11. The van der Waals surface area contributed by atoms with E-state index in [1.165, 1.54) is 22.9 Å². The van der Waals surface area contributed by atoms with E-state index in [0.717, 1.165) is 23.3 Å². The molecule has 5 nitrogen and oxygen atoms in total. The number of halogens is 3. The minimum Gasteiger partial charge on any atom is -0.508 e. The molecule has 0 spiro atoms. The van der Waals surface area contributed by atoms with Gasteiger partial charge in [0.1, 0.15) is 5.75 Å². The molecule has 0 radical (unpaired) electrons. The highest BCUT2D eigenvalue weighted by atomic mass is 19.4. The number of nitrogens with one attached hydrogen (secondary N) is 1. The lowest BCUT2D eigenvalue weighted by Crippen LogP contribution is -2.15. The van der Waals surface area contributed by atoms with Crippen LogP contribution in [0.3, 0.4) is 0 Å². The zero-order valence-electron chi connectivity index (χ0n) is 15.8. The van der Waals surface area contributed by atoms with Crippen LogP contribution in [0.25, 0.3) is 38.8 Å². The smallest absolute Gasteiger partial charge is 0.416 e.